The molecule has 2 heterocycles. The smallest absolute Gasteiger partial charge is 0.161 e. The Morgan fingerprint density at radius 2 is 2.13 bits per heavy atom. The standard InChI is InChI=1S/C22H25ClN4O3/c1-14(28)15-3-6-20(21(11-15)29-2)30-10-7-17-13-27(9-8-24-17)22-18-5-4-16(23)12-19(18)25-26-22/h3-6,11-12,17,24H,7-10,13H2,1-2H3,(H,25,26). The number of ketones is 1. The summed E-state index contributed by atoms with van der Waals surface area (Å²) in [6.07, 6.45) is 0.836. The van der Waals surface area contributed by atoms with Crippen LogP contribution in [0.3, 0.4) is 0 Å². The lowest BCUT2D eigenvalue weighted by Crippen LogP contribution is -2.51. The maximum Gasteiger partial charge on any atom is 0.161 e. The molecule has 1 fully saturated rings. The number of hydrogen-bond acceptors (Lipinski definition) is 6. The molecule has 7 nitrogen and oxygen atoms in total. The minimum Gasteiger partial charge on any atom is -0.493 e. The van der Waals surface area contributed by atoms with Gasteiger partial charge < -0.3 is 19.7 Å². The number of benzene rings is 2. The first-order valence-corrected chi connectivity index (χ1v) is 10.4. The van der Waals surface area contributed by atoms with Gasteiger partial charge in [0.05, 0.1) is 19.2 Å². The molecule has 0 aliphatic carbocycles. The van der Waals surface area contributed by atoms with Crippen LogP contribution in [0.15, 0.2) is 36.4 Å². The van der Waals surface area contributed by atoms with Crippen LogP contribution in [0.1, 0.15) is 23.7 Å². The van der Waals surface area contributed by atoms with Crippen molar-refractivity contribution < 1.29 is 14.3 Å². The molecule has 2 aromatic carbocycles. The molecule has 158 valence electrons. The van der Waals surface area contributed by atoms with Gasteiger partial charge in [-0.2, -0.15) is 5.10 Å². The Morgan fingerprint density at radius 1 is 1.27 bits per heavy atom. The Hall–Kier alpha value is -2.77. The molecule has 1 saturated heterocycles. The van der Waals surface area contributed by atoms with Gasteiger partial charge in [0.25, 0.3) is 0 Å². The van der Waals surface area contributed by atoms with E-state index < -0.39 is 0 Å². The number of H-pyrrole nitrogens is 1. The molecule has 0 radical (unpaired) electrons. The van der Waals surface area contributed by atoms with Crippen molar-refractivity contribution in [3.8, 4) is 11.5 Å². The molecule has 1 atom stereocenters. The largest absolute Gasteiger partial charge is 0.493 e. The normalized spacial score (nSPS) is 16.6. The summed E-state index contributed by atoms with van der Waals surface area (Å²) in [7, 11) is 1.58. The lowest BCUT2D eigenvalue weighted by atomic mass is 10.1. The Morgan fingerprint density at radius 3 is 2.93 bits per heavy atom. The van der Waals surface area contributed by atoms with E-state index in [0.29, 0.717) is 28.7 Å². The van der Waals surface area contributed by atoms with Gasteiger partial charge in [-0.1, -0.05) is 11.6 Å². The van der Waals surface area contributed by atoms with Crippen molar-refractivity contribution in [3.05, 3.63) is 47.0 Å². The summed E-state index contributed by atoms with van der Waals surface area (Å²) in [6.45, 7) is 4.68. The number of aromatic nitrogens is 2. The summed E-state index contributed by atoms with van der Waals surface area (Å²) in [4.78, 5) is 13.8. The van der Waals surface area contributed by atoms with E-state index in [1.54, 1.807) is 25.3 Å². The van der Waals surface area contributed by atoms with E-state index in [0.717, 1.165) is 42.8 Å². The molecule has 2 N–H and O–H groups in total. The van der Waals surface area contributed by atoms with Gasteiger partial charge in [0.2, 0.25) is 0 Å². The SMILES string of the molecule is COc1cc(C(C)=O)ccc1OCCC1CN(c2n[nH]c3cc(Cl)ccc23)CCN1. The molecule has 3 aromatic rings. The average Bonchev–Trinajstić information content (AvgIpc) is 3.17. The number of aromatic amines is 1. The molecule has 0 bridgehead atoms. The molecular formula is C22H25ClN4O3. The number of hydrogen-bond donors (Lipinski definition) is 2. The first-order valence-electron chi connectivity index (χ1n) is 9.99. The number of nitrogens with zero attached hydrogens (tertiary/aromatic N) is 2. The van der Waals surface area contributed by atoms with Gasteiger partial charge in [0, 0.05) is 41.6 Å². The van der Waals surface area contributed by atoms with E-state index in [1.165, 1.54) is 6.92 Å². The van der Waals surface area contributed by atoms with Crippen molar-refractivity contribution in [3.63, 3.8) is 0 Å². The third kappa shape index (κ3) is 4.37. The number of methoxy groups -OCH3 is 1. The zero-order chi connectivity index (χ0) is 21.1. The number of anilines is 1. The summed E-state index contributed by atoms with van der Waals surface area (Å²) >= 11 is 6.08. The van der Waals surface area contributed by atoms with Crippen LogP contribution >= 0.6 is 11.6 Å². The van der Waals surface area contributed by atoms with Gasteiger partial charge in [-0.15, -0.1) is 0 Å². The molecular weight excluding hydrogens is 404 g/mol. The topological polar surface area (TPSA) is 79.5 Å². The number of rotatable bonds is 7. The van der Waals surface area contributed by atoms with Crippen LogP contribution in [0.2, 0.25) is 5.02 Å². The van der Waals surface area contributed by atoms with Crippen molar-refractivity contribution in [2.45, 2.75) is 19.4 Å². The Balaban J connectivity index is 1.37. The highest BCUT2D eigenvalue weighted by molar-refractivity contribution is 6.31. The average molecular weight is 429 g/mol. The first kappa shape index (κ1) is 20.5. The van der Waals surface area contributed by atoms with Crippen LogP contribution in [0, 0.1) is 0 Å². The van der Waals surface area contributed by atoms with Gasteiger partial charge >= 0.3 is 0 Å². The molecule has 0 amide bonds. The molecule has 1 aromatic heterocycles. The summed E-state index contributed by atoms with van der Waals surface area (Å²) < 4.78 is 11.3. The highest BCUT2D eigenvalue weighted by Gasteiger charge is 2.23. The number of carbonyl (C=O) groups is 1. The molecule has 1 aliphatic heterocycles. The minimum absolute atomic E-state index is 0.000455. The predicted octanol–water partition coefficient (Wildman–Crippen LogP) is 3.67. The number of fused-ring (bicyclic) bond motifs is 1. The number of halogens is 1. The van der Waals surface area contributed by atoms with Gasteiger partial charge in [0.15, 0.2) is 23.1 Å². The quantitative estimate of drug-likeness (QED) is 0.559. The number of Topliss-reactive ketones (excluding diaryl/α,β-unsaturated/α-hetero) is 1. The maximum atomic E-state index is 11.5. The van der Waals surface area contributed by atoms with E-state index in [1.807, 2.05) is 18.2 Å². The molecule has 30 heavy (non-hydrogen) atoms. The van der Waals surface area contributed by atoms with Gasteiger partial charge in [-0.25, -0.2) is 0 Å². The van der Waals surface area contributed by atoms with Gasteiger partial charge in [-0.3, -0.25) is 9.89 Å². The van der Waals surface area contributed by atoms with Gasteiger partial charge in [-0.05, 0) is 49.7 Å². The van der Waals surface area contributed by atoms with Crippen LogP contribution < -0.4 is 19.7 Å². The van der Waals surface area contributed by atoms with Crippen molar-refractivity contribution in [1.82, 2.24) is 15.5 Å². The van der Waals surface area contributed by atoms with Crippen LogP contribution in [-0.4, -0.2) is 55.4 Å². The third-order valence-corrected chi connectivity index (χ3v) is 5.59. The summed E-state index contributed by atoms with van der Waals surface area (Å²) in [5.41, 5.74) is 1.55. The second-order valence-electron chi connectivity index (χ2n) is 7.39. The molecule has 1 aliphatic rings. The highest BCUT2D eigenvalue weighted by Crippen LogP contribution is 2.29. The van der Waals surface area contributed by atoms with Crippen LogP contribution in [0.5, 0.6) is 11.5 Å². The Bertz CT molecular complexity index is 1050. The zero-order valence-electron chi connectivity index (χ0n) is 17.1. The molecule has 8 heteroatoms. The first-order chi connectivity index (χ1) is 14.5. The second-order valence-corrected chi connectivity index (χ2v) is 7.83. The molecule has 0 spiro atoms. The van der Waals surface area contributed by atoms with E-state index in [-0.39, 0.29) is 11.8 Å². The second kappa shape index (κ2) is 8.93. The lowest BCUT2D eigenvalue weighted by Gasteiger charge is -2.34. The molecule has 1 unspecified atom stereocenters. The fraction of sp³-hybridized carbons (Fsp3) is 0.364. The Labute approximate surface area is 180 Å². The summed E-state index contributed by atoms with van der Waals surface area (Å²) in [6, 6.07) is 11.3. The number of nitrogens with one attached hydrogen (secondary N) is 2. The summed E-state index contributed by atoms with van der Waals surface area (Å²) in [5, 5.41) is 12.9. The van der Waals surface area contributed by atoms with Crippen LogP contribution in [-0.2, 0) is 0 Å². The predicted molar refractivity (Wildman–Crippen MR) is 118 cm³/mol. The fourth-order valence-electron chi connectivity index (χ4n) is 3.75. The van der Waals surface area contributed by atoms with E-state index in [2.05, 4.69) is 20.4 Å². The fourth-order valence-corrected chi connectivity index (χ4v) is 3.92. The van der Waals surface area contributed by atoms with Crippen molar-refractivity contribution in [2.75, 3.05) is 38.3 Å². The number of piperazine rings is 1. The van der Waals surface area contributed by atoms with E-state index in [9.17, 15) is 4.79 Å². The third-order valence-electron chi connectivity index (χ3n) is 5.35. The molecule has 4 rings (SSSR count). The van der Waals surface area contributed by atoms with E-state index in [4.69, 9.17) is 21.1 Å². The van der Waals surface area contributed by atoms with Crippen LogP contribution in [0.25, 0.3) is 10.9 Å². The van der Waals surface area contributed by atoms with Crippen molar-refractivity contribution in [2.24, 2.45) is 0 Å². The van der Waals surface area contributed by atoms with E-state index >= 15 is 0 Å². The minimum atomic E-state index is -0.000455. The number of ether oxygens (including phenoxy) is 2. The van der Waals surface area contributed by atoms with Gasteiger partial charge in [0.1, 0.15) is 0 Å². The maximum absolute atomic E-state index is 11.5. The van der Waals surface area contributed by atoms with Crippen molar-refractivity contribution in [1.29, 1.82) is 0 Å². The van der Waals surface area contributed by atoms with Crippen LogP contribution in [0.4, 0.5) is 5.82 Å². The molecule has 0 saturated carbocycles. The van der Waals surface area contributed by atoms with Crippen molar-refractivity contribution >= 4 is 34.1 Å². The number of carbonyl (C=O) groups excluding carboxylic acids is 1. The zero-order valence-corrected chi connectivity index (χ0v) is 17.8. The monoisotopic (exact) mass is 428 g/mol. The lowest BCUT2D eigenvalue weighted by molar-refractivity contribution is 0.101. The highest BCUT2D eigenvalue weighted by atomic mass is 35.5. The Kier molecular flexibility index (Phi) is 6.11. The summed E-state index contributed by atoms with van der Waals surface area (Å²) in [5.74, 6) is 2.17.